The third kappa shape index (κ3) is 9.52. The summed E-state index contributed by atoms with van der Waals surface area (Å²) in [5, 5.41) is 16.3. The number of hydrogen-bond acceptors (Lipinski definition) is 8. The molecule has 1 atom stereocenters. The van der Waals surface area contributed by atoms with Crippen LogP contribution in [-0.4, -0.2) is 116 Å². The Balaban J connectivity index is 0.00000298. The van der Waals surface area contributed by atoms with Crippen molar-refractivity contribution in [1.29, 1.82) is 0 Å². The zero-order valence-electron chi connectivity index (χ0n) is 35.7. The maximum Gasteiger partial charge on any atom is 0.394 e. The predicted molar refractivity (Wildman–Crippen MR) is 234 cm³/mol. The predicted octanol–water partition coefficient (Wildman–Crippen LogP) is 6.45. The number of benzene rings is 1. The number of aromatic amines is 1. The number of nitrogens with one attached hydrogen (secondary N) is 3. The number of nitrogens with zero attached hydrogens (tertiary/aromatic N) is 4. The summed E-state index contributed by atoms with van der Waals surface area (Å²) >= 11 is -1.68. The molecule has 0 spiro atoms. The van der Waals surface area contributed by atoms with Crippen LogP contribution in [0, 0.1) is 32.3 Å². The molecule has 63 heavy (non-hydrogen) atoms. The van der Waals surface area contributed by atoms with E-state index in [9.17, 15) is 28.1 Å². The van der Waals surface area contributed by atoms with Gasteiger partial charge in [-0.1, -0.05) is 19.4 Å². The largest absolute Gasteiger partial charge is 0.412 e. The van der Waals surface area contributed by atoms with E-state index in [0.29, 0.717) is 61.4 Å². The SMILES string of the molecule is CC1(C)CCC(C[N+]2=CCN(c3ccc(C(=O)[NH][Sn][CH]4C=C([N+](=O)[O-])C(NCC5CCOCC5)=CC4)c(Oc4cnc5[nH]ccc5c4)c3)CC2)=C(C23CC(C(F)(F)F)(C2)C3)C1.O.O. The van der Waals surface area contributed by atoms with Crippen molar-refractivity contribution in [3.05, 3.63) is 93.1 Å². The van der Waals surface area contributed by atoms with Crippen molar-refractivity contribution in [2.24, 2.45) is 22.2 Å². The number of pyridine rings is 1. The number of carbonyl (C=O) groups is 1. The van der Waals surface area contributed by atoms with E-state index in [4.69, 9.17) is 9.47 Å². The summed E-state index contributed by atoms with van der Waals surface area (Å²) in [6, 6.07) is 9.37. The summed E-state index contributed by atoms with van der Waals surface area (Å²) in [7, 11) is 0. The van der Waals surface area contributed by atoms with Crippen LogP contribution < -0.4 is 18.5 Å². The van der Waals surface area contributed by atoms with E-state index in [1.807, 2.05) is 30.3 Å². The molecule has 2 bridgehead atoms. The Morgan fingerprint density at radius 3 is 2.65 bits per heavy atom. The number of anilines is 1. The smallest absolute Gasteiger partial charge is 0.394 e. The van der Waals surface area contributed by atoms with Gasteiger partial charge in [0.05, 0.1) is 5.41 Å². The molecule has 4 fully saturated rings. The molecule has 14 nitrogen and oxygen atoms in total. The maximum atomic E-state index is 13.9. The summed E-state index contributed by atoms with van der Waals surface area (Å²) < 4.78 is 58.7. The van der Waals surface area contributed by atoms with E-state index < -0.39 is 33.0 Å². The van der Waals surface area contributed by atoms with Crippen molar-refractivity contribution < 1.29 is 47.9 Å². The van der Waals surface area contributed by atoms with E-state index in [1.165, 1.54) is 11.1 Å². The molecule has 1 unspecified atom stereocenters. The molecule has 1 amide bonds. The monoisotopic (exact) mass is 984 g/mol. The number of nitro groups is 1. The van der Waals surface area contributed by atoms with E-state index >= 15 is 0 Å². The fraction of sp³-hybridized carbons (Fsp3) is 0.533. The Kier molecular flexibility index (Phi) is 13.4. The van der Waals surface area contributed by atoms with Crippen LogP contribution in [0.1, 0.15) is 82.0 Å². The van der Waals surface area contributed by atoms with Crippen LogP contribution in [0.15, 0.2) is 77.4 Å². The van der Waals surface area contributed by atoms with Gasteiger partial charge in [0.25, 0.3) is 0 Å². The number of carbonyl (C=O) groups excluding carboxylic acids is 1. The third-order valence-corrected chi connectivity index (χ3v) is 17.2. The van der Waals surface area contributed by atoms with Gasteiger partial charge in [0.1, 0.15) is 0 Å². The molecule has 3 aromatic rings. The van der Waals surface area contributed by atoms with Crippen molar-refractivity contribution in [3.63, 3.8) is 0 Å². The Bertz CT molecular complexity index is 2330. The minimum absolute atomic E-state index is 0. The number of allylic oxidation sites excluding steroid dienone is 3. The molecule has 1 aromatic carbocycles. The van der Waals surface area contributed by atoms with Crippen molar-refractivity contribution in [2.75, 3.05) is 50.8 Å². The number of aromatic nitrogens is 2. The summed E-state index contributed by atoms with van der Waals surface area (Å²) in [5.74, 6) is 0.995. The molecule has 18 heteroatoms. The summed E-state index contributed by atoms with van der Waals surface area (Å²) in [6.45, 7) is 9.41. The van der Waals surface area contributed by atoms with Crippen LogP contribution in [0.25, 0.3) is 11.0 Å². The standard InChI is InChI=1S/C33H36F3N5O2.C12H17N2O3.2H2O.Sn/c1-30(2)7-5-22(26(15-30)31-18-32(19-31,20-31)33(34,35)36)17-40-9-11-41(12-10-40)23-3-4-25(28(37)42)27(14-23)43-24-13-21-6-8-38-29(21)39-16-24;15-14(16)12-4-2-1-3-11(12)13-9-10-5-7-17-8-6-10;;;/h3-4,6,8-9,13-14,16H,5,7,10-12,15,17-20H2,1-2H3,(H2-,37,38,39,42);2-4,10,13H,1,5-9H2;2*1H2;/q;;;;+1. The zero-order chi connectivity index (χ0) is 42.6. The first-order valence-corrected chi connectivity index (χ1v) is 24.6. The van der Waals surface area contributed by atoms with Crippen LogP contribution in [0.2, 0.25) is 3.93 Å². The van der Waals surface area contributed by atoms with E-state index in [2.05, 4.69) is 48.4 Å². The molecule has 7 N–H and O–H groups in total. The fourth-order valence-corrected chi connectivity index (χ4v) is 13.0. The number of ether oxygens (including phenoxy) is 2. The first-order chi connectivity index (χ1) is 29.2. The molecule has 2 radical (unpaired) electrons. The van der Waals surface area contributed by atoms with Crippen molar-refractivity contribution in [1.82, 2.24) is 18.8 Å². The summed E-state index contributed by atoms with van der Waals surface area (Å²) in [5.41, 5.74) is 3.57. The van der Waals surface area contributed by atoms with Gasteiger partial charge in [0, 0.05) is 0 Å². The van der Waals surface area contributed by atoms with E-state index in [1.54, 1.807) is 24.5 Å². The number of fused-ring (bicyclic) bond motifs is 1. The molecular formula is C45H57F3N7O7Sn+. The fourth-order valence-electron chi connectivity index (χ4n) is 10.4. The minimum atomic E-state index is -4.12. The van der Waals surface area contributed by atoms with Gasteiger partial charge in [-0.2, -0.15) is 13.2 Å². The first-order valence-electron chi connectivity index (χ1n) is 21.5. The second-order valence-corrected chi connectivity index (χ2v) is 22.4. The average Bonchev–Trinajstić information content (AvgIpc) is 3.67. The number of H-pyrrole nitrogens is 1. The van der Waals surface area contributed by atoms with Gasteiger partial charge in [0.15, 0.2) is 0 Å². The molecule has 10 rings (SSSR count). The number of amides is 1. The van der Waals surface area contributed by atoms with E-state index in [-0.39, 0.29) is 61.5 Å². The normalized spacial score (nSPS) is 25.6. The molecule has 1 saturated heterocycles. The maximum absolute atomic E-state index is 13.9. The van der Waals surface area contributed by atoms with Gasteiger partial charge < -0.3 is 11.0 Å². The molecule has 338 valence electrons. The van der Waals surface area contributed by atoms with Crippen LogP contribution in [0.5, 0.6) is 11.5 Å². The topological polar surface area (TPSA) is 201 Å². The van der Waals surface area contributed by atoms with Crippen LogP contribution in [0.3, 0.4) is 0 Å². The van der Waals surface area contributed by atoms with Crippen LogP contribution in [0.4, 0.5) is 18.9 Å². The Morgan fingerprint density at radius 1 is 1.16 bits per heavy atom. The van der Waals surface area contributed by atoms with Crippen LogP contribution in [-0.2, 0) is 4.74 Å². The van der Waals surface area contributed by atoms with Gasteiger partial charge in [-0.3, -0.25) is 0 Å². The molecule has 5 aliphatic carbocycles. The number of rotatable bonds is 13. The quantitative estimate of drug-likeness (QED) is 0.0570. The van der Waals surface area contributed by atoms with Gasteiger partial charge >= 0.3 is 278 Å². The number of halogens is 3. The first kappa shape index (κ1) is 46.5. The van der Waals surface area contributed by atoms with Crippen LogP contribution >= 0.6 is 0 Å². The molecule has 7 aliphatic rings. The molecular weight excluding hydrogens is 926 g/mol. The Hall–Kier alpha value is -4.46. The van der Waals surface area contributed by atoms with Gasteiger partial charge in [-0.25, -0.2) is 0 Å². The Morgan fingerprint density at radius 2 is 1.94 bits per heavy atom. The minimum Gasteiger partial charge on any atom is -0.412 e. The second-order valence-electron chi connectivity index (χ2n) is 18.8. The number of hydrogen-bond donors (Lipinski definition) is 3. The summed E-state index contributed by atoms with van der Waals surface area (Å²) in [4.78, 5) is 35.5. The Labute approximate surface area is 374 Å². The molecule has 4 heterocycles. The van der Waals surface area contributed by atoms with Gasteiger partial charge in [0.2, 0.25) is 0 Å². The van der Waals surface area contributed by atoms with Crippen molar-refractivity contribution in [3.8, 4) is 11.5 Å². The second kappa shape index (κ2) is 18.2. The molecule has 2 aromatic heterocycles. The van der Waals surface area contributed by atoms with E-state index in [0.717, 1.165) is 68.5 Å². The molecule has 3 saturated carbocycles. The third-order valence-electron chi connectivity index (χ3n) is 13.9. The van der Waals surface area contributed by atoms with Crippen molar-refractivity contribution in [2.45, 2.75) is 81.7 Å². The zero-order valence-corrected chi connectivity index (χ0v) is 38.6. The molecule has 2 aliphatic heterocycles. The summed E-state index contributed by atoms with van der Waals surface area (Å²) in [6.07, 6.45) is 11.2. The van der Waals surface area contributed by atoms with Gasteiger partial charge in [-0.05, 0) is 49.4 Å². The van der Waals surface area contributed by atoms with Gasteiger partial charge in [-0.15, -0.1) is 0 Å². The number of alkyl halides is 3. The average molecular weight is 984 g/mol. The van der Waals surface area contributed by atoms with Crippen molar-refractivity contribution >= 4 is 50.3 Å².